The van der Waals surface area contributed by atoms with Crippen LogP contribution in [-0.4, -0.2) is 53.5 Å². The van der Waals surface area contributed by atoms with Crippen LogP contribution in [-0.2, 0) is 11.2 Å². The summed E-state index contributed by atoms with van der Waals surface area (Å²) >= 11 is 6.06. The van der Waals surface area contributed by atoms with Crippen molar-refractivity contribution in [1.29, 1.82) is 0 Å². The fraction of sp³-hybridized carbons (Fsp3) is 0.353. The zero-order valence-electron chi connectivity index (χ0n) is 12.7. The third-order valence-corrected chi connectivity index (χ3v) is 4.34. The van der Waals surface area contributed by atoms with Gasteiger partial charge in [-0.05, 0) is 37.4 Å². The number of hydrogen-bond donors (Lipinski definition) is 0. The van der Waals surface area contributed by atoms with Gasteiger partial charge < -0.3 is 14.4 Å². The average molecular weight is 318 g/mol. The molecule has 1 aliphatic heterocycles. The number of carbonyl (C=O) groups is 1. The summed E-state index contributed by atoms with van der Waals surface area (Å²) in [7, 11) is 2.09. The molecule has 22 heavy (non-hydrogen) atoms. The quantitative estimate of drug-likeness (QED) is 0.870. The molecular formula is C17H20ClN3O. The zero-order chi connectivity index (χ0) is 15.5. The van der Waals surface area contributed by atoms with Crippen LogP contribution in [0.4, 0.5) is 0 Å². The molecule has 1 fully saturated rings. The number of aromatic nitrogens is 1. The summed E-state index contributed by atoms with van der Waals surface area (Å²) in [5.74, 6) is 0.190. The number of amides is 1. The van der Waals surface area contributed by atoms with Gasteiger partial charge in [0.25, 0.3) is 0 Å². The van der Waals surface area contributed by atoms with Crippen molar-refractivity contribution in [2.75, 3.05) is 33.2 Å². The molecule has 1 saturated heterocycles. The Morgan fingerprint density at radius 1 is 1.14 bits per heavy atom. The molecule has 0 bridgehead atoms. The lowest BCUT2D eigenvalue weighted by Crippen LogP contribution is -2.47. The van der Waals surface area contributed by atoms with Gasteiger partial charge in [-0.2, -0.15) is 0 Å². The zero-order valence-corrected chi connectivity index (χ0v) is 13.5. The molecule has 2 heterocycles. The highest BCUT2D eigenvalue weighted by Gasteiger charge is 2.20. The first-order valence-corrected chi connectivity index (χ1v) is 7.90. The molecule has 0 N–H and O–H groups in total. The van der Waals surface area contributed by atoms with E-state index in [0.717, 1.165) is 37.6 Å². The van der Waals surface area contributed by atoms with Gasteiger partial charge in [-0.15, -0.1) is 0 Å². The Bertz CT molecular complexity index is 659. The van der Waals surface area contributed by atoms with Gasteiger partial charge in [-0.3, -0.25) is 4.79 Å². The number of hydrogen-bond acceptors (Lipinski definition) is 2. The smallest absolute Gasteiger partial charge is 0.228 e. The molecule has 0 saturated carbocycles. The first-order valence-electron chi connectivity index (χ1n) is 7.52. The lowest BCUT2D eigenvalue weighted by atomic mass is 10.2. The van der Waals surface area contributed by atoms with Crippen LogP contribution < -0.4 is 0 Å². The Balaban J connectivity index is 1.74. The lowest BCUT2D eigenvalue weighted by molar-refractivity contribution is -0.132. The topological polar surface area (TPSA) is 28.5 Å². The van der Waals surface area contributed by atoms with E-state index < -0.39 is 0 Å². The Hall–Kier alpha value is -1.78. The predicted octanol–water partition coefficient (Wildman–Crippen LogP) is 2.45. The van der Waals surface area contributed by atoms with Crippen LogP contribution in [0, 0.1) is 0 Å². The van der Waals surface area contributed by atoms with E-state index in [4.69, 9.17) is 11.6 Å². The SMILES string of the molecule is CN1CCN(C(=O)Cc2cccn2-c2cccc(Cl)c2)CC1. The van der Waals surface area contributed by atoms with Gasteiger partial charge in [0.1, 0.15) is 0 Å². The molecule has 1 aromatic heterocycles. The van der Waals surface area contributed by atoms with Crippen molar-refractivity contribution in [3.8, 4) is 5.69 Å². The van der Waals surface area contributed by atoms with Crippen molar-refractivity contribution in [1.82, 2.24) is 14.4 Å². The van der Waals surface area contributed by atoms with E-state index in [2.05, 4.69) is 11.9 Å². The molecule has 116 valence electrons. The van der Waals surface area contributed by atoms with Crippen LogP contribution >= 0.6 is 11.6 Å². The molecule has 0 aliphatic carbocycles. The van der Waals surface area contributed by atoms with Gasteiger partial charge in [0, 0.05) is 48.8 Å². The molecule has 1 aromatic carbocycles. The van der Waals surface area contributed by atoms with Crippen molar-refractivity contribution >= 4 is 17.5 Å². The predicted molar refractivity (Wildman–Crippen MR) is 88.6 cm³/mol. The fourth-order valence-electron chi connectivity index (χ4n) is 2.76. The number of piperazine rings is 1. The van der Waals surface area contributed by atoms with Gasteiger partial charge in [0.15, 0.2) is 0 Å². The van der Waals surface area contributed by atoms with E-state index in [0.29, 0.717) is 11.4 Å². The highest BCUT2D eigenvalue weighted by atomic mass is 35.5. The fourth-order valence-corrected chi connectivity index (χ4v) is 2.95. The highest BCUT2D eigenvalue weighted by Crippen LogP contribution is 2.18. The largest absolute Gasteiger partial charge is 0.340 e. The number of likely N-dealkylation sites (N-methyl/N-ethyl adjacent to an activating group) is 1. The van der Waals surface area contributed by atoms with E-state index in [1.54, 1.807) is 0 Å². The molecule has 3 rings (SSSR count). The standard InChI is InChI=1S/C17H20ClN3O/c1-19-8-10-20(11-9-19)17(22)13-16-6-3-7-21(16)15-5-2-4-14(18)12-15/h2-7,12H,8-11,13H2,1H3. The minimum Gasteiger partial charge on any atom is -0.340 e. The average Bonchev–Trinajstić information content (AvgIpc) is 2.96. The second-order valence-electron chi connectivity index (χ2n) is 5.71. The van der Waals surface area contributed by atoms with Crippen LogP contribution in [0.5, 0.6) is 0 Å². The number of nitrogens with zero attached hydrogens (tertiary/aromatic N) is 3. The van der Waals surface area contributed by atoms with Crippen molar-refractivity contribution in [2.45, 2.75) is 6.42 Å². The third kappa shape index (κ3) is 3.34. The van der Waals surface area contributed by atoms with Gasteiger partial charge >= 0.3 is 0 Å². The molecule has 5 heteroatoms. The molecule has 4 nitrogen and oxygen atoms in total. The lowest BCUT2D eigenvalue weighted by Gasteiger charge is -2.32. The summed E-state index contributed by atoms with van der Waals surface area (Å²) in [6.45, 7) is 3.52. The Kier molecular flexibility index (Phi) is 4.50. The van der Waals surface area contributed by atoms with Crippen LogP contribution in [0.15, 0.2) is 42.6 Å². The molecule has 2 aromatic rings. The van der Waals surface area contributed by atoms with Gasteiger partial charge in [-0.25, -0.2) is 0 Å². The summed E-state index contributed by atoms with van der Waals surface area (Å²) in [5, 5.41) is 0.697. The van der Waals surface area contributed by atoms with E-state index in [9.17, 15) is 4.79 Å². The summed E-state index contributed by atoms with van der Waals surface area (Å²) in [6.07, 6.45) is 2.39. The minimum absolute atomic E-state index is 0.190. The van der Waals surface area contributed by atoms with Crippen molar-refractivity contribution in [3.05, 3.63) is 53.3 Å². The minimum atomic E-state index is 0.190. The molecule has 1 aliphatic rings. The highest BCUT2D eigenvalue weighted by molar-refractivity contribution is 6.30. The maximum Gasteiger partial charge on any atom is 0.228 e. The van der Waals surface area contributed by atoms with Crippen LogP contribution in [0.2, 0.25) is 5.02 Å². The van der Waals surface area contributed by atoms with E-state index >= 15 is 0 Å². The summed E-state index contributed by atoms with van der Waals surface area (Å²) < 4.78 is 2.03. The number of halogens is 1. The third-order valence-electron chi connectivity index (χ3n) is 4.11. The van der Waals surface area contributed by atoms with Crippen molar-refractivity contribution < 1.29 is 4.79 Å². The second kappa shape index (κ2) is 6.55. The maximum atomic E-state index is 12.5. The molecule has 0 unspecified atom stereocenters. The van der Waals surface area contributed by atoms with Crippen LogP contribution in [0.3, 0.4) is 0 Å². The summed E-state index contributed by atoms with van der Waals surface area (Å²) in [4.78, 5) is 16.7. The first kappa shape index (κ1) is 15.1. The monoisotopic (exact) mass is 317 g/mol. The Morgan fingerprint density at radius 2 is 1.91 bits per heavy atom. The summed E-state index contributed by atoms with van der Waals surface area (Å²) in [5.41, 5.74) is 1.98. The first-order chi connectivity index (χ1) is 10.6. The molecule has 0 atom stereocenters. The molecular weight excluding hydrogens is 298 g/mol. The van der Waals surface area contributed by atoms with Crippen molar-refractivity contribution in [3.63, 3.8) is 0 Å². The van der Waals surface area contributed by atoms with E-state index in [1.165, 1.54) is 0 Å². The number of carbonyl (C=O) groups excluding carboxylic acids is 1. The maximum absolute atomic E-state index is 12.5. The normalized spacial score (nSPS) is 16.0. The second-order valence-corrected chi connectivity index (χ2v) is 6.15. The number of benzene rings is 1. The molecule has 1 amide bonds. The van der Waals surface area contributed by atoms with Crippen LogP contribution in [0.25, 0.3) is 5.69 Å². The Labute approximate surface area is 135 Å². The summed E-state index contributed by atoms with van der Waals surface area (Å²) in [6, 6.07) is 11.6. The van der Waals surface area contributed by atoms with Gasteiger partial charge in [0.05, 0.1) is 6.42 Å². The Morgan fingerprint density at radius 3 is 2.64 bits per heavy atom. The number of rotatable bonds is 3. The van der Waals surface area contributed by atoms with E-state index in [1.807, 2.05) is 52.1 Å². The van der Waals surface area contributed by atoms with Gasteiger partial charge in [0.2, 0.25) is 5.91 Å². The van der Waals surface area contributed by atoms with E-state index in [-0.39, 0.29) is 5.91 Å². The molecule has 0 spiro atoms. The van der Waals surface area contributed by atoms with Crippen LogP contribution in [0.1, 0.15) is 5.69 Å². The van der Waals surface area contributed by atoms with Crippen molar-refractivity contribution in [2.24, 2.45) is 0 Å². The van der Waals surface area contributed by atoms with Gasteiger partial charge in [-0.1, -0.05) is 17.7 Å². The molecule has 0 radical (unpaired) electrons.